The third-order valence-electron chi connectivity index (χ3n) is 17.1. The number of aliphatic hydroxyl groups excluding tert-OH is 2. The van der Waals surface area contributed by atoms with Crippen molar-refractivity contribution in [1.82, 2.24) is 5.32 Å². The Kier molecular flexibility index (Phi) is 66.9. The first kappa shape index (κ1) is 76.6. The first-order valence-corrected chi connectivity index (χ1v) is 36.0. The van der Waals surface area contributed by atoms with E-state index in [4.69, 9.17) is 4.74 Å². The van der Waals surface area contributed by atoms with Gasteiger partial charge in [0.15, 0.2) is 0 Å². The van der Waals surface area contributed by atoms with Crippen LogP contribution in [-0.2, 0) is 14.3 Å². The normalized spacial score (nSPS) is 12.5. The van der Waals surface area contributed by atoms with Crippen molar-refractivity contribution in [1.29, 1.82) is 0 Å². The summed E-state index contributed by atoms with van der Waals surface area (Å²) in [6, 6.07) is -0.627. The number of carbonyl (C=O) groups is 2. The van der Waals surface area contributed by atoms with Gasteiger partial charge in [-0.2, -0.15) is 0 Å². The van der Waals surface area contributed by atoms with Crippen LogP contribution < -0.4 is 5.32 Å². The van der Waals surface area contributed by atoms with E-state index >= 15 is 0 Å². The summed E-state index contributed by atoms with van der Waals surface area (Å²) in [6.45, 7) is 4.95. The van der Waals surface area contributed by atoms with Gasteiger partial charge in [0.25, 0.3) is 0 Å². The van der Waals surface area contributed by atoms with Crippen molar-refractivity contribution in [2.24, 2.45) is 0 Å². The molecular formula is C72H141NO5. The molecule has 0 saturated carbocycles. The lowest BCUT2D eigenvalue weighted by atomic mass is 10.0. The molecule has 78 heavy (non-hydrogen) atoms. The Morgan fingerprint density at radius 2 is 0.590 bits per heavy atom. The number of aliphatic hydroxyl groups is 2. The van der Waals surface area contributed by atoms with Crippen molar-refractivity contribution in [3.05, 3.63) is 12.2 Å². The summed E-state index contributed by atoms with van der Waals surface area (Å²) in [5, 5.41) is 23.3. The van der Waals surface area contributed by atoms with Gasteiger partial charge in [-0.15, -0.1) is 0 Å². The number of unbranched alkanes of at least 4 members (excludes halogenated alkanes) is 57. The molecule has 6 heteroatoms. The highest BCUT2D eigenvalue weighted by Crippen LogP contribution is 2.19. The van der Waals surface area contributed by atoms with Crippen LogP contribution >= 0.6 is 0 Å². The molecule has 0 aromatic heterocycles. The number of nitrogens with one attached hydrogen (secondary N) is 1. The van der Waals surface area contributed by atoms with Crippen molar-refractivity contribution < 1.29 is 24.5 Å². The molecule has 0 aliphatic heterocycles. The van der Waals surface area contributed by atoms with E-state index in [2.05, 4.69) is 19.2 Å². The average molecular weight is 1100 g/mol. The van der Waals surface area contributed by atoms with Crippen LogP contribution in [-0.4, -0.2) is 47.4 Å². The number of ether oxygens (including phenoxy) is 1. The SMILES string of the molecule is CCCCCCCCCCCCCCCCCCCCCCCC/C=C/C(O)C(CO)NC(=O)CCCCCCCCCCCCCCCCCCCCCCCCCCCOC(=O)CCCCCCCCCCCCCC. The van der Waals surface area contributed by atoms with E-state index in [0.717, 1.165) is 38.5 Å². The Bertz CT molecular complexity index is 1180. The molecule has 0 aliphatic carbocycles. The maximum atomic E-state index is 12.5. The number of allylic oxidation sites excluding steroid dienone is 1. The molecule has 0 spiro atoms. The second kappa shape index (κ2) is 68.1. The second-order valence-corrected chi connectivity index (χ2v) is 24.9. The zero-order chi connectivity index (χ0) is 56.4. The molecule has 0 aromatic carbocycles. The number of esters is 1. The minimum absolute atomic E-state index is 0.0178. The standard InChI is InChI=1S/C72H141NO5/c1-3-5-7-9-11-13-15-17-18-19-20-21-22-26-29-32-35-38-41-44-48-52-56-60-64-70(75)69(68-74)73-71(76)65-61-57-53-49-45-42-39-36-33-30-27-24-23-25-28-31-34-37-40-43-47-51-55-59-63-67-78-72(77)66-62-58-54-50-46-16-14-12-10-8-6-4-2/h60,64,69-70,74-75H,3-59,61-63,65-68H2,1-2H3,(H,73,76)/b64-60+. The fourth-order valence-corrected chi connectivity index (χ4v) is 11.6. The van der Waals surface area contributed by atoms with Gasteiger partial charge in [-0.3, -0.25) is 9.59 Å². The van der Waals surface area contributed by atoms with Crippen molar-refractivity contribution in [3.8, 4) is 0 Å². The van der Waals surface area contributed by atoms with Gasteiger partial charge >= 0.3 is 5.97 Å². The largest absolute Gasteiger partial charge is 0.466 e. The van der Waals surface area contributed by atoms with Gasteiger partial charge in [0.2, 0.25) is 5.91 Å². The van der Waals surface area contributed by atoms with E-state index in [1.165, 1.54) is 347 Å². The van der Waals surface area contributed by atoms with E-state index in [1.807, 2.05) is 6.08 Å². The Balaban J connectivity index is 3.39. The molecule has 1 amide bonds. The van der Waals surface area contributed by atoms with Gasteiger partial charge in [-0.1, -0.05) is 379 Å². The van der Waals surface area contributed by atoms with Crippen LogP contribution in [0.1, 0.15) is 412 Å². The van der Waals surface area contributed by atoms with Gasteiger partial charge in [0, 0.05) is 12.8 Å². The van der Waals surface area contributed by atoms with E-state index in [1.54, 1.807) is 6.08 Å². The van der Waals surface area contributed by atoms with E-state index in [9.17, 15) is 19.8 Å². The summed E-state index contributed by atoms with van der Waals surface area (Å²) >= 11 is 0. The topological polar surface area (TPSA) is 95.9 Å². The molecule has 0 saturated heterocycles. The molecule has 0 fully saturated rings. The van der Waals surface area contributed by atoms with E-state index in [-0.39, 0.29) is 18.5 Å². The van der Waals surface area contributed by atoms with Crippen LogP contribution in [0.2, 0.25) is 0 Å². The predicted octanol–water partition coefficient (Wildman–Crippen LogP) is 23.1. The van der Waals surface area contributed by atoms with Gasteiger partial charge in [0.05, 0.1) is 25.4 Å². The van der Waals surface area contributed by atoms with E-state index < -0.39 is 12.1 Å². The Morgan fingerprint density at radius 1 is 0.346 bits per heavy atom. The minimum Gasteiger partial charge on any atom is -0.466 e. The Hall–Kier alpha value is -1.40. The van der Waals surface area contributed by atoms with Crippen molar-refractivity contribution in [2.75, 3.05) is 13.2 Å². The summed E-state index contributed by atoms with van der Waals surface area (Å²) < 4.78 is 5.48. The predicted molar refractivity (Wildman–Crippen MR) is 343 cm³/mol. The fraction of sp³-hybridized carbons (Fsp3) is 0.944. The molecule has 464 valence electrons. The van der Waals surface area contributed by atoms with Crippen LogP contribution in [0.25, 0.3) is 0 Å². The molecule has 2 unspecified atom stereocenters. The van der Waals surface area contributed by atoms with Gasteiger partial charge in [0.1, 0.15) is 0 Å². The fourth-order valence-electron chi connectivity index (χ4n) is 11.6. The highest BCUT2D eigenvalue weighted by molar-refractivity contribution is 5.76. The van der Waals surface area contributed by atoms with Gasteiger partial charge < -0.3 is 20.3 Å². The minimum atomic E-state index is -0.844. The summed E-state index contributed by atoms with van der Waals surface area (Å²) in [4.78, 5) is 24.6. The highest BCUT2D eigenvalue weighted by atomic mass is 16.5. The number of hydrogen-bond donors (Lipinski definition) is 3. The van der Waals surface area contributed by atoms with Crippen LogP contribution in [0.3, 0.4) is 0 Å². The maximum absolute atomic E-state index is 12.5. The highest BCUT2D eigenvalue weighted by Gasteiger charge is 2.18. The van der Waals surface area contributed by atoms with Crippen molar-refractivity contribution in [2.45, 2.75) is 424 Å². The smallest absolute Gasteiger partial charge is 0.305 e. The molecule has 0 rings (SSSR count). The van der Waals surface area contributed by atoms with Crippen molar-refractivity contribution in [3.63, 3.8) is 0 Å². The number of carbonyl (C=O) groups excluding carboxylic acids is 2. The van der Waals surface area contributed by atoms with Gasteiger partial charge in [-0.25, -0.2) is 0 Å². The lowest BCUT2D eigenvalue weighted by Crippen LogP contribution is -2.45. The summed E-state index contributed by atoms with van der Waals surface area (Å²) in [7, 11) is 0. The molecule has 0 radical (unpaired) electrons. The molecule has 0 aliphatic rings. The second-order valence-electron chi connectivity index (χ2n) is 24.9. The van der Waals surface area contributed by atoms with Crippen LogP contribution in [0.4, 0.5) is 0 Å². The molecule has 2 atom stereocenters. The Morgan fingerprint density at radius 3 is 0.872 bits per heavy atom. The zero-order valence-corrected chi connectivity index (χ0v) is 53.2. The van der Waals surface area contributed by atoms with Crippen molar-refractivity contribution >= 4 is 11.9 Å². The Labute approximate surface area is 489 Å². The summed E-state index contributed by atoms with van der Waals surface area (Å²) in [5.74, 6) is -0.0433. The van der Waals surface area contributed by atoms with Crippen LogP contribution in [0.15, 0.2) is 12.2 Å². The quantitative estimate of drug-likeness (QED) is 0.0320. The zero-order valence-electron chi connectivity index (χ0n) is 53.2. The van der Waals surface area contributed by atoms with E-state index in [0.29, 0.717) is 19.4 Å². The first-order chi connectivity index (χ1) is 38.5. The monoisotopic (exact) mass is 1100 g/mol. The third-order valence-corrected chi connectivity index (χ3v) is 17.1. The first-order valence-electron chi connectivity index (χ1n) is 36.0. The van der Waals surface area contributed by atoms with Crippen LogP contribution in [0, 0.1) is 0 Å². The lowest BCUT2D eigenvalue weighted by Gasteiger charge is -2.20. The number of rotatable bonds is 68. The average Bonchev–Trinajstić information content (AvgIpc) is 3.44. The molecule has 6 nitrogen and oxygen atoms in total. The summed E-state index contributed by atoms with van der Waals surface area (Å²) in [5.41, 5.74) is 0. The third kappa shape index (κ3) is 63.8. The van der Waals surface area contributed by atoms with Crippen LogP contribution in [0.5, 0.6) is 0 Å². The molecule has 0 heterocycles. The maximum Gasteiger partial charge on any atom is 0.305 e. The molecule has 3 N–H and O–H groups in total. The molecule has 0 bridgehead atoms. The number of amides is 1. The molecule has 0 aromatic rings. The number of hydrogen-bond acceptors (Lipinski definition) is 5. The lowest BCUT2D eigenvalue weighted by molar-refractivity contribution is -0.143. The van der Waals surface area contributed by atoms with Gasteiger partial charge in [-0.05, 0) is 32.1 Å². The summed E-state index contributed by atoms with van der Waals surface area (Å²) in [6.07, 6.45) is 84.4. The molecular weight excluding hydrogens is 959 g/mol.